The number of aromatic nitrogens is 2. The molecule has 138 valence electrons. The minimum atomic E-state index is -0.265. The molecule has 7 heteroatoms. The fourth-order valence-corrected chi connectivity index (χ4v) is 2.97. The number of carbonyl (C=O) groups excluding carboxylic acids is 1. The molecule has 0 bridgehead atoms. The van der Waals surface area contributed by atoms with Gasteiger partial charge in [-0.25, -0.2) is 9.48 Å². The number of amides is 2. The number of hydrogen-bond acceptors (Lipinski definition) is 3. The lowest BCUT2D eigenvalue weighted by Gasteiger charge is -2.08. The maximum absolute atomic E-state index is 12.3. The van der Waals surface area contributed by atoms with Crippen molar-refractivity contribution in [3.8, 4) is 11.3 Å². The van der Waals surface area contributed by atoms with Crippen LogP contribution in [0.5, 0.6) is 0 Å². The molecule has 0 radical (unpaired) electrons. The highest BCUT2D eigenvalue weighted by Crippen LogP contribution is 2.33. The van der Waals surface area contributed by atoms with Crippen LogP contribution in [0.2, 0.25) is 5.02 Å². The number of nitrogen functional groups attached to an aromatic ring is 1. The van der Waals surface area contributed by atoms with E-state index in [1.165, 1.54) is 0 Å². The van der Waals surface area contributed by atoms with E-state index in [1.807, 2.05) is 42.5 Å². The molecule has 1 aromatic heterocycles. The van der Waals surface area contributed by atoms with Crippen LogP contribution in [-0.4, -0.2) is 21.9 Å². The molecular formula is C20H20ClN5O. The van der Waals surface area contributed by atoms with E-state index < -0.39 is 0 Å². The summed E-state index contributed by atoms with van der Waals surface area (Å²) < 4.78 is 1.70. The van der Waals surface area contributed by atoms with Crippen molar-refractivity contribution in [2.45, 2.75) is 25.4 Å². The van der Waals surface area contributed by atoms with Crippen molar-refractivity contribution in [1.29, 1.82) is 0 Å². The molecule has 4 rings (SSSR count). The summed E-state index contributed by atoms with van der Waals surface area (Å²) in [6, 6.07) is 17.2. The second-order valence-corrected chi connectivity index (χ2v) is 7.07. The Kier molecular flexibility index (Phi) is 4.73. The third kappa shape index (κ3) is 4.06. The molecule has 0 unspecified atom stereocenters. The van der Waals surface area contributed by atoms with Crippen LogP contribution < -0.4 is 16.4 Å². The van der Waals surface area contributed by atoms with Crippen molar-refractivity contribution in [2.24, 2.45) is 0 Å². The van der Waals surface area contributed by atoms with Gasteiger partial charge in [-0.05, 0) is 30.5 Å². The Hall–Kier alpha value is -2.99. The van der Waals surface area contributed by atoms with E-state index in [1.54, 1.807) is 16.8 Å². The van der Waals surface area contributed by atoms with E-state index in [0.717, 1.165) is 24.0 Å². The molecule has 0 saturated heterocycles. The summed E-state index contributed by atoms with van der Waals surface area (Å²) in [7, 11) is 0. The Bertz CT molecular complexity index is 949. The van der Waals surface area contributed by atoms with Crippen molar-refractivity contribution < 1.29 is 4.79 Å². The van der Waals surface area contributed by atoms with E-state index in [0.29, 0.717) is 28.8 Å². The van der Waals surface area contributed by atoms with Crippen molar-refractivity contribution in [2.75, 3.05) is 11.1 Å². The van der Waals surface area contributed by atoms with Gasteiger partial charge in [0.2, 0.25) is 0 Å². The smallest absolute Gasteiger partial charge is 0.319 e. The fraction of sp³-hybridized carbons (Fsp3) is 0.200. The fourth-order valence-electron chi connectivity index (χ4n) is 2.85. The molecule has 6 nitrogen and oxygen atoms in total. The maximum Gasteiger partial charge on any atom is 0.319 e. The van der Waals surface area contributed by atoms with Gasteiger partial charge in [-0.2, -0.15) is 5.10 Å². The van der Waals surface area contributed by atoms with Gasteiger partial charge in [0.15, 0.2) is 0 Å². The molecule has 1 heterocycles. The molecule has 3 aromatic rings. The summed E-state index contributed by atoms with van der Waals surface area (Å²) in [5, 5.41) is 11.1. The van der Waals surface area contributed by atoms with E-state index in [2.05, 4.69) is 15.7 Å². The first-order valence-corrected chi connectivity index (χ1v) is 9.21. The normalized spacial score (nSPS) is 13.4. The van der Waals surface area contributed by atoms with Crippen LogP contribution in [0.25, 0.3) is 11.3 Å². The summed E-state index contributed by atoms with van der Waals surface area (Å²) in [5.74, 6) is 0.412. The SMILES string of the molecule is Nc1c(NC(=O)NC2CC2)c(-c2ccc(Cl)cc2)nn1Cc1ccccc1. The Morgan fingerprint density at radius 3 is 2.52 bits per heavy atom. The van der Waals surface area contributed by atoms with Crippen LogP contribution >= 0.6 is 11.6 Å². The van der Waals surface area contributed by atoms with Gasteiger partial charge in [0.1, 0.15) is 17.2 Å². The third-order valence-corrected chi connectivity index (χ3v) is 4.69. The maximum atomic E-state index is 12.3. The Labute approximate surface area is 162 Å². The van der Waals surface area contributed by atoms with Gasteiger partial charge >= 0.3 is 6.03 Å². The van der Waals surface area contributed by atoms with E-state index in [9.17, 15) is 4.79 Å². The quantitative estimate of drug-likeness (QED) is 0.621. The zero-order valence-electron chi connectivity index (χ0n) is 14.7. The number of halogens is 1. The molecule has 1 fully saturated rings. The largest absolute Gasteiger partial charge is 0.382 e. The molecule has 0 aliphatic heterocycles. The predicted octanol–water partition coefficient (Wildman–Crippen LogP) is 4.12. The number of benzene rings is 2. The summed E-state index contributed by atoms with van der Waals surface area (Å²) >= 11 is 6.00. The van der Waals surface area contributed by atoms with Crippen molar-refractivity contribution in [3.63, 3.8) is 0 Å². The molecule has 4 N–H and O–H groups in total. The monoisotopic (exact) mass is 381 g/mol. The van der Waals surface area contributed by atoms with Gasteiger partial charge in [-0.3, -0.25) is 0 Å². The number of hydrogen-bond donors (Lipinski definition) is 3. The minimum Gasteiger partial charge on any atom is -0.382 e. The van der Waals surface area contributed by atoms with Crippen LogP contribution in [0.4, 0.5) is 16.3 Å². The molecule has 1 aliphatic rings. The summed E-state index contributed by atoms with van der Waals surface area (Å²) in [4.78, 5) is 12.3. The highest BCUT2D eigenvalue weighted by atomic mass is 35.5. The van der Waals surface area contributed by atoms with Crippen molar-refractivity contribution in [1.82, 2.24) is 15.1 Å². The van der Waals surface area contributed by atoms with E-state index in [4.69, 9.17) is 17.3 Å². The second kappa shape index (κ2) is 7.32. The first-order valence-electron chi connectivity index (χ1n) is 8.84. The number of nitrogens with zero attached hydrogens (tertiary/aromatic N) is 2. The number of carbonyl (C=O) groups is 1. The second-order valence-electron chi connectivity index (χ2n) is 6.63. The van der Waals surface area contributed by atoms with Crippen LogP contribution in [0.1, 0.15) is 18.4 Å². The average Bonchev–Trinajstić information content (AvgIpc) is 3.43. The molecular weight excluding hydrogens is 362 g/mol. The van der Waals surface area contributed by atoms with E-state index in [-0.39, 0.29) is 12.1 Å². The van der Waals surface area contributed by atoms with E-state index >= 15 is 0 Å². The number of anilines is 2. The lowest BCUT2D eigenvalue weighted by Crippen LogP contribution is -2.30. The molecule has 1 saturated carbocycles. The van der Waals surface area contributed by atoms with Gasteiger partial charge in [0.25, 0.3) is 0 Å². The molecule has 2 amide bonds. The summed E-state index contributed by atoms with van der Waals surface area (Å²) in [5.41, 5.74) is 9.37. The van der Waals surface area contributed by atoms with Gasteiger partial charge in [0.05, 0.1) is 6.54 Å². The lowest BCUT2D eigenvalue weighted by atomic mass is 10.1. The summed E-state index contributed by atoms with van der Waals surface area (Å²) in [6.45, 7) is 0.513. The van der Waals surface area contributed by atoms with Crippen LogP contribution in [0, 0.1) is 0 Å². The molecule has 2 aromatic carbocycles. The van der Waals surface area contributed by atoms with Crippen molar-refractivity contribution >= 4 is 29.1 Å². The third-order valence-electron chi connectivity index (χ3n) is 4.44. The average molecular weight is 382 g/mol. The zero-order valence-corrected chi connectivity index (χ0v) is 15.4. The molecule has 1 aliphatic carbocycles. The van der Waals surface area contributed by atoms with Crippen molar-refractivity contribution in [3.05, 3.63) is 65.2 Å². The lowest BCUT2D eigenvalue weighted by molar-refractivity contribution is 0.251. The number of nitrogens with two attached hydrogens (primary N) is 1. The topological polar surface area (TPSA) is 85.0 Å². The number of rotatable bonds is 5. The van der Waals surface area contributed by atoms with Crippen LogP contribution in [0.3, 0.4) is 0 Å². The highest BCUT2D eigenvalue weighted by molar-refractivity contribution is 6.30. The van der Waals surface area contributed by atoms with Crippen LogP contribution in [-0.2, 0) is 6.54 Å². The number of nitrogens with one attached hydrogen (secondary N) is 2. The van der Waals surface area contributed by atoms with Gasteiger partial charge < -0.3 is 16.4 Å². The molecule has 0 atom stereocenters. The van der Waals surface area contributed by atoms with Gasteiger partial charge in [-0.1, -0.05) is 54.1 Å². The Morgan fingerprint density at radius 2 is 1.85 bits per heavy atom. The Balaban J connectivity index is 1.69. The minimum absolute atomic E-state index is 0.254. The van der Waals surface area contributed by atoms with Gasteiger partial charge in [0, 0.05) is 16.6 Å². The summed E-state index contributed by atoms with van der Waals surface area (Å²) in [6.07, 6.45) is 2.03. The number of urea groups is 1. The van der Waals surface area contributed by atoms with Gasteiger partial charge in [-0.15, -0.1) is 0 Å². The zero-order chi connectivity index (χ0) is 18.8. The first kappa shape index (κ1) is 17.4. The van der Waals surface area contributed by atoms with Crippen LogP contribution in [0.15, 0.2) is 54.6 Å². The highest BCUT2D eigenvalue weighted by Gasteiger charge is 2.25. The standard InChI is InChI=1S/C20H20ClN5O/c21-15-8-6-14(7-9-15)17-18(24-20(27)23-16-10-11-16)19(22)26(25-17)12-13-4-2-1-3-5-13/h1-9,16H,10-12,22H2,(H2,23,24,27). The first-order chi connectivity index (χ1) is 13.1. The molecule has 27 heavy (non-hydrogen) atoms. The predicted molar refractivity (Wildman–Crippen MR) is 108 cm³/mol. The molecule has 0 spiro atoms. The Morgan fingerprint density at radius 1 is 1.15 bits per heavy atom.